The largest absolute Gasteiger partial charge is 0.461 e. The van der Waals surface area contributed by atoms with E-state index in [9.17, 15) is 9.59 Å². The van der Waals surface area contributed by atoms with E-state index in [4.69, 9.17) is 9.15 Å². The van der Waals surface area contributed by atoms with Crippen molar-refractivity contribution in [2.24, 2.45) is 0 Å². The van der Waals surface area contributed by atoms with Crippen LogP contribution >= 0.6 is 0 Å². The van der Waals surface area contributed by atoms with E-state index in [1.165, 1.54) is 0 Å². The lowest BCUT2D eigenvalue weighted by atomic mass is 10.1. The molecule has 7 heteroatoms. The number of aromatic nitrogens is 1. The van der Waals surface area contributed by atoms with Crippen LogP contribution in [0.2, 0.25) is 0 Å². The van der Waals surface area contributed by atoms with Gasteiger partial charge in [-0.2, -0.15) is 0 Å². The van der Waals surface area contributed by atoms with Crippen LogP contribution in [-0.2, 0) is 27.3 Å². The summed E-state index contributed by atoms with van der Waals surface area (Å²) in [6.07, 6.45) is 4.05. The highest BCUT2D eigenvalue weighted by Gasteiger charge is 2.41. The molecule has 3 atom stereocenters. The minimum Gasteiger partial charge on any atom is -0.461 e. The monoisotopic (exact) mass is 335 g/mol. The Morgan fingerprint density at radius 2 is 2.29 bits per heavy atom. The Hall–Kier alpha value is -1.89. The molecular weight excluding hydrogens is 310 g/mol. The summed E-state index contributed by atoms with van der Waals surface area (Å²) in [4.78, 5) is 32.2. The lowest BCUT2D eigenvalue weighted by molar-refractivity contribution is -0.144. The van der Waals surface area contributed by atoms with Crippen molar-refractivity contribution in [2.45, 2.75) is 64.8 Å². The molecule has 7 nitrogen and oxygen atoms in total. The normalized spacial score (nSPS) is 27.5. The molecule has 2 saturated heterocycles. The van der Waals surface area contributed by atoms with Gasteiger partial charge in [0.25, 0.3) is 0 Å². The summed E-state index contributed by atoms with van der Waals surface area (Å²) in [5, 5.41) is 0. The Morgan fingerprint density at radius 3 is 2.88 bits per heavy atom. The van der Waals surface area contributed by atoms with Crippen molar-refractivity contribution >= 4 is 11.9 Å². The quantitative estimate of drug-likeness (QED) is 0.757. The van der Waals surface area contributed by atoms with E-state index in [0.29, 0.717) is 19.0 Å². The van der Waals surface area contributed by atoms with Crippen LogP contribution in [0, 0.1) is 0 Å². The predicted molar refractivity (Wildman–Crippen MR) is 86.0 cm³/mol. The van der Waals surface area contributed by atoms with Crippen LogP contribution in [0.15, 0.2) is 10.6 Å². The third-order valence-corrected chi connectivity index (χ3v) is 4.88. The van der Waals surface area contributed by atoms with Gasteiger partial charge in [0.15, 0.2) is 0 Å². The van der Waals surface area contributed by atoms with Crippen LogP contribution in [0.5, 0.6) is 0 Å². The van der Waals surface area contributed by atoms with Gasteiger partial charge in [0.2, 0.25) is 11.8 Å². The standard InChI is InChI=1S/C17H25N3O4/c1-4-14-8-18-16(24-14)10-20(12(3)21)13-5-6-19(9-13)15-7-11(2)23-17(15)22/h8,11,13,15H,4-7,9-10H2,1-3H3/t11-,13-,15+/m1/s1. The first kappa shape index (κ1) is 17.0. The van der Waals surface area contributed by atoms with Crippen molar-refractivity contribution in [3.05, 3.63) is 17.8 Å². The molecule has 0 N–H and O–H groups in total. The van der Waals surface area contributed by atoms with Crippen LogP contribution in [-0.4, -0.2) is 57.9 Å². The van der Waals surface area contributed by atoms with Crippen LogP contribution in [0.4, 0.5) is 0 Å². The maximum atomic E-state index is 12.1. The lowest BCUT2D eigenvalue weighted by Crippen LogP contribution is -2.43. The molecule has 1 aromatic heterocycles. The van der Waals surface area contributed by atoms with E-state index in [1.54, 1.807) is 18.0 Å². The number of amides is 1. The van der Waals surface area contributed by atoms with Crippen LogP contribution in [0.3, 0.4) is 0 Å². The summed E-state index contributed by atoms with van der Waals surface area (Å²) in [6.45, 7) is 7.35. The molecule has 2 aliphatic rings. The number of oxazole rings is 1. The van der Waals surface area contributed by atoms with E-state index < -0.39 is 0 Å². The Kier molecular flexibility index (Phi) is 4.89. The van der Waals surface area contributed by atoms with Gasteiger partial charge in [-0.1, -0.05) is 6.92 Å². The number of cyclic esters (lactones) is 1. The second-order valence-corrected chi connectivity index (χ2v) is 6.66. The molecule has 0 radical (unpaired) electrons. The third kappa shape index (κ3) is 3.45. The van der Waals surface area contributed by atoms with Gasteiger partial charge >= 0.3 is 5.97 Å². The number of carbonyl (C=O) groups excluding carboxylic acids is 2. The second-order valence-electron chi connectivity index (χ2n) is 6.66. The fourth-order valence-electron chi connectivity index (χ4n) is 3.57. The molecule has 1 amide bonds. The van der Waals surface area contributed by atoms with Crippen molar-refractivity contribution < 1.29 is 18.7 Å². The molecule has 2 fully saturated rings. The van der Waals surface area contributed by atoms with Crippen molar-refractivity contribution in [1.29, 1.82) is 0 Å². The molecule has 0 bridgehead atoms. The molecule has 0 spiro atoms. The molecule has 0 unspecified atom stereocenters. The number of likely N-dealkylation sites (tertiary alicyclic amines) is 1. The summed E-state index contributed by atoms with van der Waals surface area (Å²) in [5.74, 6) is 1.25. The highest BCUT2D eigenvalue weighted by molar-refractivity contribution is 5.78. The third-order valence-electron chi connectivity index (χ3n) is 4.88. The fourth-order valence-corrected chi connectivity index (χ4v) is 3.57. The van der Waals surface area contributed by atoms with E-state index >= 15 is 0 Å². The fraction of sp³-hybridized carbons (Fsp3) is 0.706. The summed E-state index contributed by atoms with van der Waals surface area (Å²) in [7, 11) is 0. The number of hydrogen-bond donors (Lipinski definition) is 0. The second kappa shape index (κ2) is 6.93. The van der Waals surface area contributed by atoms with Gasteiger partial charge in [-0.3, -0.25) is 14.5 Å². The summed E-state index contributed by atoms with van der Waals surface area (Å²) < 4.78 is 10.9. The van der Waals surface area contributed by atoms with Crippen molar-refractivity contribution in [1.82, 2.24) is 14.8 Å². The number of esters is 1. The van der Waals surface area contributed by atoms with Crippen LogP contribution in [0.1, 0.15) is 45.3 Å². The highest BCUT2D eigenvalue weighted by atomic mass is 16.6. The number of ether oxygens (including phenoxy) is 1. The molecule has 0 aliphatic carbocycles. The summed E-state index contributed by atoms with van der Waals surface area (Å²) in [5.41, 5.74) is 0. The average molecular weight is 335 g/mol. The molecule has 132 valence electrons. The molecule has 1 aromatic rings. The van der Waals surface area contributed by atoms with Crippen molar-refractivity contribution in [3.8, 4) is 0 Å². The molecule has 3 rings (SSSR count). The Bertz CT molecular complexity index is 615. The number of aryl methyl sites for hydroxylation is 1. The van der Waals surface area contributed by atoms with Gasteiger partial charge in [0.05, 0.1) is 12.7 Å². The van der Waals surface area contributed by atoms with Gasteiger partial charge in [-0.05, 0) is 13.3 Å². The van der Waals surface area contributed by atoms with Gasteiger partial charge in [0, 0.05) is 38.9 Å². The van der Waals surface area contributed by atoms with Crippen LogP contribution in [0.25, 0.3) is 0 Å². The van der Waals surface area contributed by atoms with Gasteiger partial charge in [0.1, 0.15) is 17.9 Å². The van der Waals surface area contributed by atoms with Crippen molar-refractivity contribution in [3.63, 3.8) is 0 Å². The van der Waals surface area contributed by atoms with E-state index in [0.717, 1.165) is 31.6 Å². The molecule has 2 aliphatic heterocycles. The number of nitrogens with zero attached hydrogens (tertiary/aromatic N) is 3. The first-order valence-electron chi connectivity index (χ1n) is 8.63. The summed E-state index contributed by atoms with van der Waals surface area (Å²) >= 11 is 0. The minimum absolute atomic E-state index is 0.000431. The number of hydrogen-bond acceptors (Lipinski definition) is 6. The first-order chi connectivity index (χ1) is 11.5. The minimum atomic E-state index is -0.174. The molecule has 24 heavy (non-hydrogen) atoms. The molecule has 0 aromatic carbocycles. The molecular formula is C17H25N3O4. The van der Waals surface area contributed by atoms with E-state index in [1.807, 2.05) is 13.8 Å². The zero-order valence-corrected chi connectivity index (χ0v) is 14.5. The van der Waals surface area contributed by atoms with Crippen molar-refractivity contribution in [2.75, 3.05) is 13.1 Å². The highest BCUT2D eigenvalue weighted by Crippen LogP contribution is 2.26. The number of carbonyl (C=O) groups is 2. The molecule has 0 saturated carbocycles. The first-order valence-corrected chi connectivity index (χ1v) is 8.63. The van der Waals surface area contributed by atoms with Gasteiger partial charge in [-0.25, -0.2) is 4.98 Å². The zero-order chi connectivity index (χ0) is 17.3. The Morgan fingerprint density at radius 1 is 1.50 bits per heavy atom. The van der Waals surface area contributed by atoms with E-state index in [2.05, 4.69) is 9.88 Å². The maximum absolute atomic E-state index is 12.1. The Labute approximate surface area is 141 Å². The topological polar surface area (TPSA) is 75.9 Å². The average Bonchev–Trinajstić information content (AvgIpc) is 3.24. The van der Waals surface area contributed by atoms with Gasteiger partial charge < -0.3 is 14.1 Å². The van der Waals surface area contributed by atoms with Gasteiger partial charge in [-0.15, -0.1) is 0 Å². The zero-order valence-electron chi connectivity index (χ0n) is 14.5. The van der Waals surface area contributed by atoms with Crippen LogP contribution < -0.4 is 0 Å². The summed E-state index contributed by atoms with van der Waals surface area (Å²) in [6, 6.07) is -0.101. The number of rotatable bonds is 5. The Balaban J connectivity index is 1.64. The van der Waals surface area contributed by atoms with E-state index in [-0.39, 0.29) is 30.1 Å². The maximum Gasteiger partial charge on any atom is 0.323 e. The lowest BCUT2D eigenvalue weighted by Gasteiger charge is -2.27. The predicted octanol–water partition coefficient (Wildman–Crippen LogP) is 1.36. The SMILES string of the molecule is CCc1cnc(CN(C(C)=O)[C@@H]2CCN([C@H]3C[C@@H](C)OC3=O)C2)o1. The molecule has 3 heterocycles. The smallest absolute Gasteiger partial charge is 0.323 e.